The van der Waals surface area contributed by atoms with Crippen LogP contribution >= 0.6 is 0 Å². The fraction of sp³-hybridized carbons (Fsp3) is 0.444. The van der Waals surface area contributed by atoms with Gasteiger partial charge in [-0.25, -0.2) is 13.6 Å². The van der Waals surface area contributed by atoms with Gasteiger partial charge in [0, 0.05) is 12.6 Å². The molecular formula is C18H21F2NO3. The Balaban J connectivity index is 1.80. The predicted molar refractivity (Wildman–Crippen MR) is 85.4 cm³/mol. The van der Waals surface area contributed by atoms with E-state index in [0.717, 1.165) is 31.4 Å². The van der Waals surface area contributed by atoms with Gasteiger partial charge in [0.15, 0.2) is 6.10 Å². The molecular weight excluding hydrogens is 316 g/mol. The monoisotopic (exact) mass is 337 g/mol. The molecule has 1 aliphatic carbocycles. The third kappa shape index (κ3) is 5.44. The zero-order chi connectivity index (χ0) is 17.5. The largest absolute Gasteiger partial charge is 0.449 e. The minimum absolute atomic E-state index is 0.264. The van der Waals surface area contributed by atoms with E-state index in [1.165, 1.54) is 25.3 Å². The first kappa shape index (κ1) is 18.1. The van der Waals surface area contributed by atoms with Crippen molar-refractivity contribution in [1.29, 1.82) is 0 Å². The third-order valence-electron chi connectivity index (χ3n) is 3.88. The summed E-state index contributed by atoms with van der Waals surface area (Å²) in [6, 6.07) is 2.39. The molecule has 1 aromatic carbocycles. The summed E-state index contributed by atoms with van der Waals surface area (Å²) in [6.07, 6.45) is 6.48. The molecule has 4 nitrogen and oxygen atoms in total. The highest BCUT2D eigenvalue weighted by Crippen LogP contribution is 2.19. The Labute approximate surface area is 139 Å². The van der Waals surface area contributed by atoms with Crippen molar-refractivity contribution in [3.8, 4) is 0 Å². The van der Waals surface area contributed by atoms with Gasteiger partial charge in [-0.1, -0.05) is 11.6 Å². The van der Waals surface area contributed by atoms with Crippen LogP contribution in [0.5, 0.6) is 0 Å². The Morgan fingerprint density at radius 3 is 2.54 bits per heavy atom. The summed E-state index contributed by atoms with van der Waals surface area (Å²) in [6.45, 7) is 1.89. The lowest BCUT2D eigenvalue weighted by Gasteiger charge is -2.15. The molecule has 1 aromatic rings. The molecule has 0 fully saturated rings. The Bertz CT molecular complexity index is 623. The van der Waals surface area contributed by atoms with Crippen LogP contribution in [0.2, 0.25) is 0 Å². The number of carbonyl (C=O) groups excluding carboxylic acids is 2. The lowest BCUT2D eigenvalue weighted by atomic mass is 9.97. The van der Waals surface area contributed by atoms with Gasteiger partial charge in [-0.2, -0.15) is 0 Å². The number of rotatable bonds is 6. The van der Waals surface area contributed by atoms with E-state index in [1.807, 2.05) is 0 Å². The van der Waals surface area contributed by atoms with Crippen molar-refractivity contribution >= 4 is 11.9 Å². The van der Waals surface area contributed by atoms with Crippen molar-refractivity contribution in [2.75, 3.05) is 6.54 Å². The smallest absolute Gasteiger partial charge is 0.339 e. The van der Waals surface area contributed by atoms with Crippen molar-refractivity contribution in [2.24, 2.45) is 0 Å². The number of ether oxygens (including phenoxy) is 1. The highest BCUT2D eigenvalue weighted by atomic mass is 19.1. The van der Waals surface area contributed by atoms with Crippen LogP contribution < -0.4 is 5.32 Å². The van der Waals surface area contributed by atoms with Gasteiger partial charge in [0.05, 0.1) is 5.56 Å². The summed E-state index contributed by atoms with van der Waals surface area (Å²) in [4.78, 5) is 23.8. The van der Waals surface area contributed by atoms with Crippen molar-refractivity contribution in [1.82, 2.24) is 5.32 Å². The zero-order valence-corrected chi connectivity index (χ0v) is 13.6. The van der Waals surface area contributed by atoms with E-state index in [2.05, 4.69) is 11.4 Å². The number of allylic oxidation sites excluding steroid dienone is 1. The first-order valence-electron chi connectivity index (χ1n) is 8.08. The van der Waals surface area contributed by atoms with Crippen molar-refractivity contribution in [3.63, 3.8) is 0 Å². The molecule has 130 valence electrons. The Morgan fingerprint density at radius 2 is 1.92 bits per heavy atom. The molecule has 0 bridgehead atoms. The Kier molecular flexibility index (Phi) is 6.46. The Morgan fingerprint density at radius 1 is 1.21 bits per heavy atom. The highest BCUT2D eigenvalue weighted by Gasteiger charge is 2.19. The maximum atomic E-state index is 13.1. The van der Waals surface area contributed by atoms with Crippen LogP contribution in [0.15, 0.2) is 29.8 Å². The minimum Gasteiger partial charge on any atom is -0.449 e. The number of amides is 1. The molecule has 0 aliphatic heterocycles. The van der Waals surface area contributed by atoms with Gasteiger partial charge in [0.25, 0.3) is 5.91 Å². The molecule has 0 saturated heterocycles. The molecule has 1 aliphatic rings. The Hall–Kier alpha value is -2.24. The van der Waals surface area contributed by atoms with Gasteiger partial charge in [-0.15, -0.1) is 0 Å². The van der Waals surface area contributed by atoms with E-state index >= 15 is 0 Å². The molecule has 0 saturated carbocycles. The topological polar surface area (TPSA) is 55.4 Å². The fourth-order valence-electron chi connectivity index (χ4n) is 2.58. The lowest BCUT2D eigenvalue weighted by molar-refractivity contribution is -0.129. The second kappa shape index (κ2) is 8.57. The van der Waals surface area contributed by atoms with E-state index in [-0.39, 0.29) is 5.56 Å². The molecule has 0 heterocycles. The van der Waals surface area contributed by atoms with Crippen LogP contribution in [0.25, 0.3) is 0 Å². The fourth-order valence-corrected chi connectivity index (χ4v) is 2.58. The second-order valence-electron chi connectivity index (χ2n) is 5.85. The number of benzene rings is 1. The summed E-state index contributed by atoms with van der Waals surface area (Å²) < 4.78 is 31.1. The van der Waals surface area contributed by atoms with Gasteiger partial charge in [0.2, 0.25) is 0 Å². The van der Waals surface area contributed by atoms with Gasteiger partial charge >= 0.3 is 5.97 Å². The SMILES string of the molecule is C[C@@H](OC(=O)c1cc(F)cc(F)c1)C(=O)NCCC1=CCCCC1. The first-order chi connectivity index (χ1) is 11.5. The van der Waals surface area contributed by atoms with Crippen LogP contribution in [0.3, 0.4) is 0 Å². The molecule has 1 atom stereocenters. The average Bonchev–Trinajstić information content (AvgIpc) is 2.54. The lowest BCUT2D eigenvalue weighted by Crippen LogP contribution is -2.36. The molecule has 6 heteroatoms. The molecule has 0 radical (unpaired) electrons. The van der Waals surface area contributed by atoms with Gasteiger partial charge in [-0.3, -0.25) is 4.79 Å². The molecule has 1 N–H and O–H groups in total. The number of hydrogen-bond donors (Lipinski definition) is 1. The van der Waals surface area contributed by atoms with Crippen molar-refractivity contribution in [3.05, 3.63) is 47.0 Å². The maximum absolute atomic E-state index is 13.1. The van der Waals surface area contributed by atoms with Crippen LogP contribution in [0.1, 0.15) is 49.4 Å². The number of esters is 1. The summed E-state index contributed by atoms with van der Waals surface area (Å²) in [7, 11) is 0. The van der Waals surface area contributed by atoms with E-state index in [4.69, 9.17) is 4.74 Å². The molecule has 0 unspecified atom stereocenters. The van der Waals surface area contributed by atoms with E-state index in [1.54, 1.807) is 0 Å². The van der Waals surface area contributed by atoms with Crippen molar-refractivity contribution < 1.29 is 23.1 Å². The average molecular weight is 337 g/mol. The van der Waals surface area contributed by atoms with E-state index in [9.17, 15) is 18.4 Å². The second-order valence-corrected chi connectivity index (χ2v) is 5.85. The number of carbonyl (C=O) groups is 2. The number of halogens is 2. The van der Waals surface area contributed by atoms with Crippen LogP contribution in [-0.4, -0.2) is 24.5 Å². The summed E-state index contributed by atoms with van der Waals surface area (Å²) >= 11 is 0. The van der Waals surface area contributed by atoms with Gasteiger partial charge < -0.3 is 10.1 Å². The quantitative estimate of drug-likeness (QED) is 0.638. The van der Waals surface area contributed by atoms with E-state index in [0.29, 0.717) is 12.6 Å². The molecule has 2 rings (SSSR count). The normalized spacial score (nSPS) is 15.4. The third-order valence-corrected chi connectivity index (χ3v) is 3.88. The summed E-state index contributed by atoms with van der Waals surface area (Å²) in [5, 5.41) is 2.70. The zero-order valence-electron chi connectivity index (χ0n) is 13.6. The summed E-state index contributed by atoms with van der Waals surface area (Å²) in [5.41, 5.74) is 1.07. The number of nitrogens with one attached hydrogen (secondary N) is 1. The molecule has 0 spiro atoms. The molecule has 24 heavy (non-hydrogen) atoms. The molecule has 0 aromatic heterocycles. The molecule has 1 amide bonds. The van der Waals surface area contributed by atoms with Crippen LogP contribution in [0.4, 0.5) is 8.78 Å². The van der Waals surface area contributed by atoms with Crippen molar-refractivity contribution in [2.45, 2.75) is 45.1 Å². The standard InChI is InChI=1S/C18H21F2NO3/c1-12(17(22)21-8-7-13-5-3-2-4-6-13)24-18(23)14-9-15(19)11-16(20)10-14/h5,9-12H,2-4,6-8H2,1H3,(H,21,22)/t12-/m1/s1. The highest BCUT2D eigenvalue weighted by molar-refractivity contribution is 5.92. The van der Waals surface area contributed by atoms with E-state index < -0.39 is 29.6 Å². The maximum Gasteiger partial charge on any atom is 0.339 e. The van der Waals surface area contributed by atoms with Crippen LogP contribution in [0, 0.1) is 11.6 Å². The summed E-state index contributed by atoms with van der Waals surface area (Å²) in [5.74, 6) is -3.12. The number of hydrogen-bond acceptors (Lipinski definition) is 3. The first-order valence-corrected chi connectivity index (χ1v) is 8.08. The van der Waals surface area contributed by atoms with Gasteiger partial charge in [-0.05, 0) is 51.2 Å². The van der Waals surface area contributed by atoms with Crippen LogP contribution in [-0.2, 0) is 9.53 Å². The predicted octanol–water partition coefficient (Wildman–Crippen LogP) is 3.52. The minimum atomic E-state index is -1.04. The van der Waals surface area contributed by atoms with Gasteiger partial charge in [0.1, 0.15) is 11.6 Å².